The third-order valence-corrected chi connectivity index (χ3v) is 9.10. The third kappa shape index (κ3) is 5.29. The Labute approximate surface area is 204 Å². The van der Waals surface area contributed by atoms with Crippen LogP contribution in [-0.2, 0) is 14.8 Å². The number of aryl methyl sites for hydroxylation is 1. The summed E-state index contributed by atoms with van der Waals surface area (Å²) in [4.78, 5) is 25.9. The molecule has 1 N–H and O–H groups in total. The predicted molar refractivity (Wildman–Crippen MR) is 133 cm³/mol. The van der Waals surface area contributed by atoms with Gasteiger partial charge in [-0.15, -0.1) is 11.3 Å². The summed E-state index contributed by atoms with van der Waals surface area (Å²) < 4.78 is 27.5. The molecule has 178 valence electrons. The lowest BCUT2D eigenvalue weighted by Crippen LogP contribution is -2.43. The molecule has 2 aromatic carbocycles. The minimum absolute atomic E-state index is 0.0539. The van der Waals surface area contributed by atoms with E-state index in [-0.39, 0.29) is 41.6 Å². The van der Waals surface area contributed by atoms with E-state index in [1.165, 1.54) is 35.5 Å². The SMILES string of the molecule is CC(=O)c1ccc(S(=O)(=O)N2CCC(C(=O)N[C@H](c3ccc(C)cc3)c3cccs3)CC2)cc1. The number of benzene rings is 2. The molecule has 1 atom stereocenters. The fraction of sp³-hybridized carbons (Fsp3) is 0.308. The molecule has 34 heavy (non-hydrogen) atoms. The molecule has 0 spiro atoms. The molecular formula is C26H28N2O4S2. The van der Waals surface area contributed by atoms with Crippen molar-refractivity contribution in [2.24, 2.45) is 5.92 Å². The van der Waals surface area contributed by atoms with Crippen molar-refractivity contribution < 1.29 is 18.0 Å². The van der Waals surface area contributed by atoms with Crippen LogP contribution in [0.25, 0.3) is 0 Å². The summed E-state index contributed by atoms with van der Waals surface area (Å²) in [7, 11) is -3.67. The van der Waals surface area contributed by atoms with Crippen LogP contribution in [0.3, 0.4) is 0 Å². The maximum absolute atomic E-state index is 13.2. The van der Waals surface area contributed by atoms with Crippen LogP contribution in [-0.4, -0.2) is 37.5 Å². The highest BCUT2D eigenvalue weighted by molar-refractivity contribution is 7.89. The van der Waals surface area contributed by atoms with Gasteiger partial charge in [-0.1, -0.05) is 48.0 Å². The summed E-state index contributed by atoms with van der Waals surface area (Å²) in [5.41, 5.74) is 2.66. The van der Waals surface area contributed by atoms with Crippen molar-refractivity contribution in [1.29, 1.82) is 0 Å². The van der Waals surface area contributed by atoms with E-state index in [4.69, 9.17) is 0 Å². The van der Waals surface area contributed by atoms with Crippen molar-refractivity contribution in [3.05, 3.63) is 87.6 Å². The molecule has 6 nitrogen and oxygen atoms in total. The van der Waals surface area contributed by atoms with Crippen molar-refractivity contribution in [2.45, 2.75) is 37.6 Å². The highest BCUT2D eigenvalue weighted by atomic mass is 32.2. The number of Topliss-reactive ketones (excluding diaryl/α,β-unsaturated/α-hetero) is 1. The molecule has 4 rings (SSSR count). The smallest absolute Gasteiger partial charge is 0.243 e. The van der Waals surface area contributed by atoms with E-state index >= 15 is 0 Å². The van der Waals surface area contributed by atoms with Crippen LogP contribution >= 0.6 is 11.3 Å². The second-order valence-electron chi connectivity index (χ2n) is 8.63. The summed E-state index contributed by atoms with van der Waals surface area (Å²) in [6.45, 7) is 4.04. The van der Waals surface area contributed by atoms with Gasteiger partial charge in [0.25, 0.3) is 0 Å². The Kier molecular flexibility index (Phi) is 7.30. The highest BCUT2D eigenvalue weighted by Crippen LogP contribution is 2.29. The molecule has 0 radical (unpaired) electrons. The van der Waals surface area contributed by atoms with Crippen LogP contribution in [0.4, 0.5) is 0 Å². The van der Waals surface area contributed by atoms with Crippen LogP contribution in [0.5, 0.6) is 0 Å². The average molecular weight is 497 g/mol. The van der Waals surface area contributed by atoms with Gasteiger partial charge in [0.2, 0.25) is 15.9 Å². The van der Waals surface area contributed by atoms with Crippen molar-refractivity contribution >= 4 is 33.1 Å². The number of carbonyl (C=O) groups is 2. The molecule has 0 saturated carbocycles. The van der Waals surface area contributed by atoms with Crippen molar-refractivity contribution in [3.63, 3.8) is 0 Å². The third-order valence-electron chi connectivity index (χ3n) is 6.25. The maximum Gasteiger partial charge on any atom is 0.243 e. The number of sulfonamides is 1. The Morgan fingerprint density at radius 2 is 1.65 bits per heavy atom. The number of amides is 1. The number of nitrogens with one attached hydrogen (secondary N) is 1. The number of thiophene rings is 1. The Bertz CT molecular complexity index is 1240. The zero-order valence-corrected chi connectivity index (χ0v) is 20.9. The van der Waals surface area contributed by atoms with Gasteiger partial charge in [-0.05, 0) is 55.8 Å². The second kappa shape index (κ2) is 10.2. The molecule has 1 aromatic heterocycles. The fourth-order valence-corrected chi connectivity index (χ4v) is 6.43. The quantitative estimate of drug-likeness (QED) is 0.486. The summed E-state index contributed by atoms with van der Waals surface area (Å²) in [5, 5.41) is 5.19. The van der Waals surface area contributed by atoms with Crippen LogP contribution in [0, 0.1) is 12.8 Å². The van der Waals surface area contributed by atoms with Crippen LogP contribution in [0.15, 0.2) is 70.9 Å². The first-order chi connectivity index (χ1) is 16.3. The van der Waals surface area contributed by atoms with Gasteiger partial charge in [0.05, 0.1) is 10.9 Å². The van der Waals surface area contributed by atoms with Crippen molar-refractivity contribution in [3.8, 4) is 0 Å². The fourth-order valence-electron chi connectivity index (χ4n) is 4.16. The number of nitrogens with zero attached hydrogens (tertiary/aromatic N) is 1. The molecule has 2 heterocycles. The molecule has 8 heteroatoms. The number of rotatable bonds is 7. The van der Waals surface area contributed by atoms with E-state index in [0.29, 0.717) is 18.4 Å². The first kappa shape index (κ1) is 24.3. The summed E-state index contributed by atoms with van der Waals surface area (Å²) >= 11 is 1.60. The molecule has 1 amide bonds. The maximum atomic E-state index is 13.2. The van der Waals surface area contributed by atoms with Gasteiger partial charge in [0.1, 0.15) is 0 Å². The minimum Gasteiger partial charge on any atom is -0.344 e. The van der Waals surface area contributed by atoms with Gasteiger partial charge in [0.15, 0.2) is 5.78 Å². The largest absolute Gasteiger partial charge is 0.344 e. The number of hydrogen-bond acceptors (Lipinski definition) is 5. The number of carbonyl (C=O) groups excluding carboxylic acids is 2. The normalized spacial score (nSPS) is 16.2. The molecule has 0 aliphatic carbocycles. The monoisotopic (exact) mass is 496 g/mol. The minimum atomic E-state index is -3.67. The summed E-state index contributed by atoms with van der Waals surface area (Å²) in [6.07, 6.45) is 0.920. The lowest BCUT2D eigenvalue weighted by molar-refractivity contribution is -0.126. The van der Waals surface area contributed by atoms with Gasteiger partial charge >= 0.3 is 0 Å². The molecule has 0 unspecified atom stereocenters. The van der Waals surface area contributed by atoms with E-state index in [1.54, 1.807) is 11.3 Å². The van der Waals surface area contributed by atoms with Crippen molar-refractivity contribution in [2.75, 3.05) is 13.1 Å². The Hall–Kier alpha value is -2.81. The summed E-state index contributed by atoms with van der Waals surface area (Å²) in [6, 6.07) is 17.9. The van der Waals surface area contributed by atoms with Gasteiger partial charge in [-0.3, -0.25) is 9.59 Å². The lowest BCUT2D eigenvalue weighted by Gasteiger charge is -2.31. The number of piperidine rings is 1. The van der Waals surface area contributed by atoms with Gasteiger partial charge in [-0.25, -0.2) is 8.42 Å². The van der Waals surface area contributed by atoms with Gasteiger partial charge < -0.3 is 5.32 Å². The zero-order valence-electron chi connectivity index (χ0n) is 19.2. The van der Waals surface area contributed by atoms with Gasteiger partial charge in [0, 0.05) is 29.4 Å². The molecular weight excluding hydrogens is 468 g/mol. The van der Waals surface area contributed by atoms with E-state index in [9.17, 15) is 18.0 Å². The van der Waals surface area contributed by atoms with E-state index in [0.717, 1.165) is 16.0 Å². The average Bonchev–Trinajstić information content (AvgIpc) is 3.38. The Balaban J connectivity index is 1.42. The molecule has 1 saturated heterocycles. The standard InChI is InChI=1S/C26H28N2O4S2/c1-18-5-7-21(8-6-18)25(24-4-3-17-33-24)27-26(30)22-13-15-28(16-14-22)34(31,32)23-11-9-20(10-12-23)19(2)29/h3-12,17,22,25H,13-16H2,1-2H3,(H,27,30)/t25-/m1/s1. The van der Waals surface area contributed by atoms with Crippen LogP contribution < -0.4 is 5.32 Å². The van der Waals surface area contributed by atoms with Crippen LogP contribution in [0.1, 0.15) is 52.2 Å². The highest BCUT2D eigenvalue weighted by Gasteiger charge is 2.33. The molecule has 1 fully saturated rings. The topological polar surface area (TPSA) is 83.6 Å². The Morgan fingerprint density at radius 3 is 2.21 bits per heavy atom. The molecule has 0 bridgehead atoms. The van der Waals surface area contributed by atoms with Crippen LogP contribution in [0.2, 0.25) is 0 Å². The Morgan fingerprint density at radius 1 is 1.00 bits per heavy atom. The van der Waals surface area contributed by atoms with Crippen molar-refractivity contribution in [1.82, 2.24) is 9.62 Å². The van der Waals surface area contributed by atoms with E-state index in [2.05, 4.69) is 5.32 Å². The number of ketones is 1. The first-order valence-corrected chi connectivity index (χ1v) is 13.6. The predicted octanol–water partition coefficient (Wildman–Crippen LogP) is 4.57. The molecule has 3 aromatic rings. The number of hydrogen-bond donors (Lipinski definition) is 1. The summed E-state index contributed by atoms with van der Waals surface area (Å²) in [5.74, 6) is -0.413. The van der Waals surface area contributed by atoms with E-state index in [1.807, 2.05) is 48.7 Å². The lowest BCUT2D eigenvalue weighted by atomic mass is 9.95. The molecule has 1 aliphatic heterocycles. The van der Waals surface area contributed by atoms with E-state index < -0.39 is 10.0 Å². The van der Waals surface area contributed by atoms with Gasteiger partial charge in [-0.2, -0.15) is 4.31 Å². The zero-order chi connectivity index (χ0) is 24.3. The second-order valence-corrected chi connectivity index (χ2v) is 11.5. The molecule has 1 aliphatic rings. The first-order valence-electron chi connectivity index (χ1n) is 11.3.